The lowest BCUT2D eigenvalue weighted by atomic mass is 9.79. The third-order valence-corrected chi connectivity index (χ3v) is 29.1. The molecule has 7 aromatic heterocycles. The number of carbonyl (C=O) groups is 2. The van der Waals surface area contributed by atoms with Gasteiger partial charge in [0.05, 0.1) is 59.2 Å². The number of carbonyl (C=O) groups excluding carboxylic acids is 2. The summed E-state index contributed by atoms with van der Waals surface area (Å²) < 4.78 is 106. The fourth-order valence-corrected chi connectivity index (χ4v) is 18.3. The minimum absolute atomic E-state index is 0.0468. The first-order valence-electron chi connectivity index (χ1n) is 37.6. The number of ether oxygens (including phenoxy) is 5. The second-order valence-electron chi connectivity index (χ2n) is 29.1. The van der Waals surface area contributed by atoms with Gasteiger partial charge < -0.3 is 72.4 Å². The number of H-pyrrole nitrogens is 1. The summed E-state index contributed by atoms with van der Waals surface area (Å²) >= 11 is 9.27. The van der Waals surface area contributed by atoms with Crippen LogP contribution in [0.4, 0.5) is 21.8 Å². The normalized spacial score (nSPS) is 20.2. The number of anilines is 3. The van der Waals surface area contributed by atoms with E-state index in [9.17, 15) is 23.8 Å². The first-order valence-corrected chi connectivity index (χ1v) is 46.9. The van der Waals surface area contributed by atoms with Crippen molar-refractivity contribution in [2.75, 3.05) is 76.7 Å². The molecule has 1 saturated heterocycles. The zero-order chi connectivity index (χ0) is 85.4. The van der Waals surface area contributed by atoms with Crippen LogP contribution >= 0.6 is 34.3 Å². The first kappa shape index (κ1) is 91.5. The average molecular weight is 1740 g/mol. The Balaban J connectivity index is 0.000000196. The maximum absolute atomic E-state index is 15.9. The molecule has 0 saturated carbocycles. The van der Waals surface area contributed by atoms with Gasteiger partial charge in [-0.05, 0) is 119 Å². The Morgan fingerprint density at radius 1 is 0.856 bits per heavy atom. The van der Waals surface area contributed by atoms with Crippen LogP contribution in [0.15, 0.2) is 128 Å². The zero-order valence-corrected chi connectivity index (χ0v) is 73.3. The zero-order valence-electron chi connectivity index (χ0n) is 67.9. The van der Waals surface area contributed by atoms with Gasteiger partial charge in [0.15, 0.2) is 55.1 Å². The van der Waals surface area contributed by atoms with Gasteiger partial charge in [0.2, 0.25) is 12.5 Å². The van der Waals surface area contributed by atoms with Gasteiger partial charge in [-0.1, -0.05) is 87.6 Å². The molecule has 2 bridgehead atoms. The number of benzene rings is 3. The number of nitrogens with two attached hydrogens (primary N) is 1. The monoisotopic (exact) mass is 1740 g/mol. The lowest BCUT2D eigenvalue weighted by molar-refractivity contribution is -0.150. The number of imidazole rings is 3. The van der Waals surface area contributed by atoms with Crippen LogP contribution in [0.1, 0.15) is 123 Å². The van der Waals surface area contributed by atoms with E-state index in [0.29, 0.717) is 72.6 Å². The molecular formula is C75H99FN19O17P3S2Si. The Morgan fingerprint density at radius 2 is 1.47 bits per heavy atom. The number of esters is 1. The van der Waals surface area contributed by atoms with E-state index in [0.717, 1.165) is 32.8 Å². The van der Waals surface area contributed by atoms with Crippen LogP contribution < -0.4 is 31.4 Å². The molecule has 0 radical (unpaired) electrons. The molecule has 36 nitrogen and oxygen atoms in total. The molecule has 634 valence electrons. The van der Waals surface area contributed by atoms with Crippen LogP contribution in [0.25, 0.3) is 38.3 Å². The Hall–Kier alpha value is -8.81. The predicted molar refractivity (Wildman–Crippen MR) is 449 cm³/mol. The van der Waals surface area contributed by atoms with Gasteiger partial charge in [-0.3, -0.25) is 42.0 Å². The van der Waals surface area contributed by atoms with Crippen molar-refractivity contribution in [1.29, 1.82) is 0 Å². The molecule has 10 atom stereocenters. The van der Waals surface area contributed by atoms with E-state index in [2.05, 4.69) is 156 Å². The summed E-state index contributed by atoms with van der Waals surface area (Å²) in [5.74, 6) is 1.77. The van der Waals surface area contributed by atoms with Gasteiger partial charge in [-0.25, -0.2) is 65.1 Å². The van der Waals surface area contributed by atoms with Crippen molar-refractivity contribution >= 4 is 117 Å². The Morgan fingerprint density at radius 3 is 2.08 bits per heavy atom. The van der Waals surface area contributed by atoms with Gasteiger partial charge in [-0.15, -0.1) is 0 Å². The average Bonchev–Trinajstić information content (AvgIpc) is 1.19. The van der Waals surface area contributed by atoms with Crippen molar-refractivity contribution in [3.05, 3.63) is 173 Å². The van der Waals surface area contributed by atoms with Gasteiger partial charge in [0.1, 0.15) is 102 Å². The highest BCUT2D eigenvalue weighted by Crippen LogP contribution is 2.57. The molecule has 118 heavy (non-hydrogen) atoms. The van der Waals surface area contributed by atoms with Crippen molar-refractivity contribution < 1.29 is 78.7 Å². The van der Waals surface area contributed by atoms with Crippen LogP contribution in [-0.2, 0) is 90.4 Å². The molecular weight excluding hydrogens is 1640 g/mol. The number of halogens is 1. The number of methoxy groups -OCH3 is 2. The smallest absolute Gasteiger partial charge is 0.386 e. The number of fused-ring (bicyclic) bond motifs is 7. The summed E-state index contributed by atoms with van der Waals surface area (Å²) in [6.07, 6.45) is 1.14. The Bertz CT molecular complexity index is 5190. The van der Waals surface area contributed by atoms with E-state index in [-0.39, 0.29) is 59.8 Å². The van der Waals surface area contributed by atoms with Gasteiger partial charge in [0.25, 0.3) is 20.0 Å². The van der Waals surface area contributed by atoms with Gasteiger partial charge >= 0.3 is 19.5 Å². The molecule has 9 heterocycles. The largest absolute Gasteiger partial charge is 0.497 e. The third-order valence-electron chi connectivity index (χ3n) is 19.2. The molecule has 0 spiro atoms. The van der Waals surface area contributed by atoms with Crippen LogP contribution in [0.2, 0.25) is 18.1 Å². The standard InChI is InChI=1S/C39H47N6O5P.C19H22FN9O8P2S2.C17H30N4O4Si/c1-28(2)45(29(3)4)51(48-24-22-40-6)49-25-23-44-37(43-36-26-41-27-42-38(36)44)30(5)50-39(31-12-10-9-11-13-31,32-14-18-34(46-7)19-15-32)33-16-20-35(47-8)21-17-33;1-8-15-25-9-4-22-6-23-16(9)28(15)2-3-33-38(31,40)34-5-10-11(20)13(37-39(32,41)36-8)18(35-10)29-7-24-14-12(29)17(30)27-19(21)26-14;1-12(25-13(2)22)16(23)21-14-10-18-11-20-15(14)19-8-9-24-26(6,7)17(3,4)5/h9-21,26-30H,22-25H2,1-5,7-8H3;4,6-8,10-11,13,18H,2-3,5H2,1H3,(H,31,40)(H,32,41)(H3,21,26,27,30);10-12H,8-9H2,1-7H3,(H,21,23)(H,18,19,20)/t30-,51?;8-,10+,11+,13+,18+,38?,39?;12-/m000/s1. The summed E-state index contributed by atoms with van der Waals surface area (Å²) in [6.45, 7) is 26.5. The first-order chi connectivity index (χ1) is 56.1. The maximum atomic E-state index is 15.9. The molecule has 2 aliphatic rings. The number of nitrogens with zero attached hydrogens (tertiary/aromatic N) is 15. The summed E-state index contributed by atoms with van der Waals surface area (Å²) in [4.78, 5) is 95.3. The van der Waals surface area contributed by atoms with Crippen LogP contribution in [-0.4, -0.2) is 195 Å². The van der Waals surface area contributed by atoms with Crippen molar-refractivity contribution in [2.45, 2.75) is 168 Å². The van der Waals surface area contributed by atoms with E-state index in [1.54, 1.807) is 31.9 Å². The highest BCUT2D eigenvalue weighted by molar-refractivity contribution is 8.44. The molecule has 1 fully saturated rings. The fourth-order valence-electron chi connectivity index (χ4n) is 12.7. The quantitative estimate of drug-likeness (QED) is 0.00529. The number of thiol groups is 1. The lowest BCUT2D eigenvalue weighted by Crippen LogP contribution is -2.41. The molecule has 3 unspecified atom stereocenters. The van der Waals surface area contributed by atoms with Gasteiger partial charge in [-0.2, -0.15) is 4.98 Å². The number of hydrogen-bond acceptors (Lipinski definition) is 30. The number of rotatable bonds is 27. The van der Waals surface area contributed by atoms with E-state index < -0.39 is 103 Å². The summed E-state index contributed by atoms with van der Waals surface area (Å²) in [5.41, 5.74) is 9.06. The second-order valence-corrected chi connectivity index (χ2v) is 41.0. The highest BCUT2D eigenvalue weighted by atomic mass is 32.7. The SMILES string of the molecule is CC(=O)O[C@@H](C)C(=O)Nc1cncnc1NCCO[Si](C)(C)C(C)(C)C.C[C@@H]1OP(O)(=S)O[C@@H]2[C@H](F)[C@@H](COP(=O)(S)OCCn3c1nc1cncnc13)O[C@H]2n1cnc2nc(N)[nH]c(=O)c21.[C-]#[N+]CCOP(OCCn1c([C@H](C)OC(c2ccccc2)(c2ccc(OC)cc2)c2ccc(OC)cc2)nc2cncnc21)N(C(C)C)C(C)C. The highest BCUT2D eigenvalue weighted by Gasteiger charge is 2.51. The number of aromatic amines is 1. The van der Waals surface area contributed by atoms with Crippen LogP contribution in [0, 0.1) is 6.57 Å². The van der Waals surface area contributed by atoms with Crippen molar-refractivity contribution in [1.82, 2.24) is 73.2 Å². The minimum Gasteiger partial charge on any atom is -0.497 e. The Labute approximate surface area is 694 Å². The van der Waals surface area contributed by atoms with Crippen molar-refractivity contribution in [3.8, 4) is 11.5 Å². The summed E-state index contributed by atoms with van der Waals surface area (Å²) in [6, 6.07) is 26.5. The molecule has 6 N–H and O–H groups in total. The van der Waals surface area contributed by atoms with Gasteiger partial charge in [0, 0.05) is 38.6 Å². The third kappa shape index (κ3) is 22.6. The lowest BCUT2D eigenvalue weighted by Gasteiger charge is -2.38. The number of aromatic nitrogens is 14. The van der Waals surface area contributed by atoms with E-state index >= 15 is 4.39 Å². The van der Waals surface area contributed by atoms with E-state index in [1.165, 1.54) is 51.6 Å². The molecule has 10 aromatic rings. The number of nitrogens with one attached hydrogen (secondary N) is 3. The topological polar surface area (TPSA) is 416 Å². The van der Waals surface area contributed by atoms with Crippen LogP contribution in [0.3, 0.4) is 0 Å². The molecule has 3 aromatic carbocycles. The van der Waals surface area contributed by atoms with Crippen molar-refractivity contribution in [2.24, 2.45) is 0 Å². The number of hydrogen-bond donors (Lipinski definition) is 6. The molecule has 12 rings (SSSR count). The molecule has 2 aliphatic heterocycles. The van der Waals surface area contributed by atoms with E-state index in [1.807, 2.05) is 78.2 Å². The van der Waals surface area contributed by atoms with Crippen molar-refractivity contribution in [3.63, 3.8) is 0 Å². The minimum atomic E-state index is -4.23. The molecule has 0 aliphatic carbocycles. The van der Waals surface area contributed by atoms with Crippen LogP contribution in [0.5, 0.6) is 11.5 Å². The Kier molecular flexibility index (Phi) is 31.4. The summed E-state index contributed by atoms with van der Waals surface area (Å²) in [7, 11) is 0.0961. The number of amides is 1. The number of nitrogen functional groups attached to an aromatic ring is 1. The summed E-state index contributed by atoms with van der Waals surface area (Å²) in [5, 5.41) is 5.95. The molecule has 43 heteroatoms. The predicted octanol–water partition coefficient (Wildman–Crippen LogP) is 12.6. The second kappa shape index (κ2) is 40.5. The molecule has 1 amide bonds. The fraction of sp³-hybridized carbons (Fsp3) is 0.467. The van der Waals surface area contributed by atoms with E-state index in [4.69, 9.17) is 84.3 Å². The number of alkyl halides is 1. The maximum Gasteiger partial charge on any atom is 0.386 e.